The monoisotopic (exact) mass is 245 g/mol. The molecule has 18 heavy (non-hydrogen) atoms. The Morgan fingerprint density at radius 3 is 2.83 bits per heavy atom. The van der Waals surface area contributed by atoms with E-state index in [2.05, 4.69) is 26.9 Å². The van der Waals surface area contributed by atoms with Gasteiger partial charge in [-0.05, 0) is 25.5 Å². The molecule has 0 radical (unpaired) electrons. The molecular formula is C13H19N5. The molecular weight excluding hydrogens is 226 g/mol. The summed E-state index contributed by atoms with van der Waals surface area (Å²) in [6, 6.07) is 4.07. The number of imidazole rings is 1. The summed E-state index contributed by atoms with van der Waals surface area (Å²) in [5.74, 6) is 6.66. The third kappa shape index (κ3) is 2.75. The van der Waals surface area contributed by atoms with Crippen LogP contribution in [0.1, 0.15) is 30.0 Å². The summed E-state index contributed by atoms with van der Waals surface area (Å²) < 4.78 is 2.12. The van der Waals surface area contributed by atoms with Crippen molar-refractivity contribution in [3.05, 3.63) is 47.8 Å². The van der Waals surface area contributed by atoms with E-state index in [1.807, 2.05) is 37.6 Å². The molecule has 0 bridgehead atoms. The first-order valence-corrected chi connectivity index (χ1v) is 6.13. The number of rotatable bonds is 5. The molecule has 0 spiro atoms. The summed E-state index contributed by atoms with van der Waals surface area (Å²) in [6.07, 6.45) is 6.41. The lowest BCUT2D eigenvalue weighted by Crippen LogP contribution is -2.30. The number of aromatic nitrogens is 3. The Morgan fingerprint density at radius 2 is 2.22 bits per heavy atom. The van der Waals surface area contributed by atoms with E-state index in [4.69, 9.17) is 5.84 Å². The number of nitrogens with one attached hydrogen (secondary N) is 1. The number of pyridine rings is 1. The molecule has 2 rings (SSSR count). The van der Waals surface area contributed by atoms with E-state index in [1.54, 1.807) is 0 Å². The van der Waals surface area contributed by atoms with Gasteiger partial charge in [-0.3, -0.25) is 16.3 Å². The molecule has 0 aromatic carbocycles. The van der Waals surface area contributed by atoms with Crippen LogP contribution in [0, 0.1) is 6.92 Å². The van der Waals surface area contributed by atoms with Gasteiger partial charge in [0.15, 0.2) is 0 Å². The van der Waals surface area contributed by atoms with E-state index in [0.29, 0.717) is 0 Å². The zero-order valence-corrected chi connectivity index (χ0v) is 10.8. The fourth-order valence-corrected chi connectivity index (χ4v) is 1.96. The Bertz CT molecular complexity index is 488. The summed E-state index contributed by atoms with van der Waals surface area (Å²) in [4.78, 5) is 8.66. The third-order valence-corrected chi connectivity index (χ3v) is 3.07. The zero-order valence-electron chi connectivity index (χ0n) is 10.8. The summed E-state index contributed by atoms with van der Waals surface area (Å²) in [5.41, 5.74) is 4.92. The molecule has 3 N–H and O–H groups in total. The highest BCUT2D eigenvalue weighted by molar-refractivity contribution is 5.18. The first kappa shape index (κ1) is 12.7. The molecule has 0 aliphatic rings. The Kier molecular flexibility index (Phi) is 4.07. The highest BCUT2D eigenvalue weighted by Crippen LogP contribution is 2.16. The van der Waals surface area contributed by atoms with Crippen molar-refractivity contribution in [3.63, 3.8) is 0 Å². The quantitative estimate of drug-likeness (QED) is 0.616. The fraction of sp³-hybridized carbons (Fsp3) is 0.385. The van der Waals surface area contributed by atoms with Crippen LogP contribution in [-0.2, 0) is 13.0 Å². The molecule has 2 aromatic heterocycles. The van der Waals surface area contributed by atoms with Gasteiger partial charge in [0, 0.05) is 37.3 Å². The molecule has 5 heteroatoms. The number of aryl methyl sites for hydroxylation is 2. The summed E-state index contributed by atoms with van der Waals surface area (Å²) in [7, 11) is 0. The minimum atomic E-state index is 0.0331. The first-order valence-electron chi connectivity index (χ1n) is 6.13. The van der Waals surface area contributed by atoms with Gasteiger partial charge >= 0.3 is 0 Å². The van der Waals surface area contributed by atoms with Crippen molar-refractivity contribution in [2.24, 2.45) is 5.84 Å². The predicted octanol–water partition coefficient (Wildman–Crippen LogP) is 1.35. The molecule has 0 aliphatic heterocycles. The Labute approximate surface area is 107 Å². The molecule has 0 fully saturated rings. The fourth-order valence-electron chi connectivity index (χ4n) is 1.96. The molecule has 1 unspecified atom stereocenters. The van der Waals surface area contributed by atoms with Crippen molar-refractivity contribution in [3.8, 4) is 0 Å². The van der Waals surface area contributed by atoms with Crippen molar-refractivity contribution in [1.29, 1.82) is 0 Å². The molecule has 0 aliphatic carbocycles. The minimum Gasteiger partial charge on any atom is -0.335 e. The minimum absolute atomic E-state index is 0.0331. The van der Waals surface area contributed by atoms with Gasteiger partial charge in [-0.25, -0.2) is 4.98 Å². The molecule has 96 valence electrons. The van der Waals surface area contributed by atoms with Crippen LogP contribution in [0.2, 0.25) is 0 Å². The van der Waals surface area contributed by atoms with Crippen molar-refractivity contribution >= 4 is 0 Å². The normalized spacial score (nSPS) is 12.6. The highest BCUT2D eigenvalue weighted by atomic mass is 15.2. The lowest BCUT2D eigenvalue weighted by Gasteiger charge is -2.16. The van der Waals surface area contributed by atoms with E-state index in [-0.39, 0.29) is 6.04 Å². The average molecular weight is 245 g/mol. The van der Waals surface area contributed by atoms with E-state index in [9.17, 15) is 0 Å². The summed E-state index contributed by atoms with van der Waals surface area (Å²) >= 11 is 0. The van der Waals surface area contributed by atoms with Gasteiger partial charge in [-0.2, -0.15) is 0 Å². The number of hydrogen-bond acceptors (Lipinski definition) is 4. The van der Waals surface area contributed by atoms with E-state index in [0.717, 1.165) is 30.0 Å². The predicted molar refractivity (Wildman–Crippen MR) is 70.6 cm³/mol. The van der Waals surface area contributed by atoms with Crippen molar-refractivity contribution in [2.75, 3.05) is 0 Å². The molecule has 5 nitrogen and oxygen atoms in total. The summed E-state index contributed by atoms with van der Waals surface area (Å²) in [6.45, 7) is 4.99. The van der Waals surface area contributed by atoms with Gasteiger partial charge in [-0.15, -0.1) is 0 Å². The number of nitrogens with two attached hydrogens (primary N) is 1. The van der Waals surface area contributed by atoms with Gasteiger partial charge in [0.05, 0.1) is 6.04 Å². The number of hydrazine groups is 1. The van der Waals surface area contributed by atoms with Crippen LogP contribution in [-0.4, -0.2) is 14.5 Å². The molecule has 0 saturated heterocycles. The SMILES string of the molecule is CCn1ccnc1CC(NN)c1ccc(C)nc1. The number of nitrogens with zero attached hydrogens (tertiary/aromatic N) is 3. The molecule has 2 aromatic rings. The maximum absolute atomic E-state index is 5.64. The second kappa shape index (κ2) is 5.75. The second-order valence-electron chi connectivity index (χ2n) is 4.29. The first-order chi connectivity index (χ1) is 8.74. The Morgan fingerprint density at radius 1 is 1.39 bits per heavy atom. The van der Waals surface area contributed by atoms with Crippen LogP contribution in [0.3, 0.4) is 0 Å². The van der Waals surface area contributed by atoms with Gasteiger partial charge in [0.25, 0.3) is 0 Å². The largest absolute Gasteiger partial charge is 0.335 e. The number of hydrogen-bond donors (Lipinski definition) is 2. The van der Waals surface area contributed by atoms with Crippen molar-refractivity contribution in [1.82, 2.24) is 20.0 Å². The van der Waals surface area contributed by atoms with Gasteiger partial charge in [0.2, 0.25) is 0 Å². The second-order valence-corrected chi connectivity index (χ2v) is 4.29. The molecule has 1 atom stereocenters. The highest BCUT2D eigenvalue weighted by Gasteiger charge is 2.13. The topological polar surface area (TPSA) is 68.8 Å². The van der Waals surface area contributed by atoms with E-state index in [1.165, 1.54) is 0 Å². The van der Waals surface area contributed by atoms with Gasteiger partial charge in [0.1, 0.15) is 5.82 Å². The van der Waals surface area contributed by atoms with E-state index < -0.39 is 0 Å². The van der Waals surface area contributed by atoms with Crippen LogP contribution < -0.4 is 11.3 Å². The third-order valence-electron chi connectivity index (χ3n) is 3.07. The van der Waals surface area contributed by atoms with Crippen LogP contribution >= 0.6 is 0 Å². The maximum Gasteiger partial charge on any atom is 0.110 e. The molecule has 2 heterocycles. The van der Waals surface area contributed by atoms with Crippen LogP contribution in [0.4, 0.5) is 0 Å². The van der Waals surface area contributed by atoms with Crippen molar-refractivity contribution in [2.45, 2.75) is 32.9 Å². The lowest BCUT2D eigenvalue weighted by molar-refractivity contribution is 0.521. The molecule has 0 amide bonds. The van der Waals surface area contributed by atoms with Crippen molar-refractivity contribution < 1.29 is 0 Å². The van der Waals surface area contributed by atoms with Gasteiger partial charge < -0.3 is 4.57 Å². The Hall–Kier alpha value is -1.72. The van der Waals surface area contributed by atoms with E-state index >= 15 is 0 Å². The van der Waals surface area contributed by atoms with Gasteiger partial charge in [-0.1, -0.05) is 6.07 Å². The Balaban J connectivity index is 2.17. The standard InChI is InChI=1S/C13H19N5/c1-3-18-7-6-15-13(18)8-12(17-14)11-5-4-10(2)16-9-11/h4-7,9,12,17H,3,8,14H2,1-2H3. The average Bonchev–Trinajstić information content (AvgIpc) is 2.84. The summed E-state index contributed by atoms with van der Waals surface area (Å²) in [5, 5.41) is 0. The van der Waals surface area contributed by atoms with Crippen LogP contribution in [0.5, 0.6) is 0 Å². The van der Waals surface area contributed by atoms with Crippen LogP contribution in [0.25, 0.3) is 0 Å². The zero-order chi connectivity index (χ0) is 13.0. The molecule has 0 saturated carbocycles. The van der Waals surface area contributed by atoms with Crippen LogP contribution in [0.15, 0.2) is 30.7 Å². The lowest BCUT2D eigenvalue weighted by atomic mass is 10.1. The smallest absolute Gasteiger partial charge is 0.110 e. The maximum atomic E-state index is 5.64.